The third-order valence-electron chi connectivity index (χ3n) is 7.34. The molecule has 4 aromatic rings. The first kappa shape index (κ1) is 21.5. The van der Waals surface area contributed by atoms with Crippen molar-refractivity contribution in [2.24, 2.45) is 0 Å². The summed E-state index contributed by atoms with van der Waals surface area (Å²) >= 11 is 0. The molecule has 0 unspecified atom stereocenters. The van der Waals surface area contributed by atoms with Gasteiger partial charge in [-0.3, -0.25) is 4.79 Å². The zero-order chi connectivity index (χ0) is 23.2. The molecule has 3 heteroatoms. The third-order valence-corrected chi connectivity index (χ3v) is 7.34. The highest BCUT2D eigenvalue weighted by molar-refractivity contribution is 6.05. The van der Waals surface area contributed by atoms with Gasteiger partial charge in [-0.25, -0.2) is 0 Å². The van der Waals surface area contributed by atoms with Crippen LogP contribution in [0.4, 0.5) is 5.69 Å². The maximum atomic E-state index is 13.1. The second kappa shape index (κ2) is 7.91. The number of anilines is 1. The normalized spacial score (nSPS) is 16.4. The number of fused-ring (bicyclic) bond motifs is 2. The summed E-state index contributed by atoms with van der Waals surface area (Å²) in [6.45, 7) is 10.0. The minimum Gasteiger partial charge on any atom is -0.343 e. The summed E-state index contributed by atoms with van der Waals surface area (Å²) in [5.41, 5.74) is 6.89. The number of nitrogens with zero attached hydrogens (tertiary/aromatic N) is 1. The van der Waals surface area contributed by atoms with E-state index < -0.39 is 0 Å². The van der Waals surface area contributed by atoms with Crippen molar-refractivity contribution in [2.75, 3.05) is 5.32 Å². The van der Waals surface area contributed by atoms with Crippen LogP contribution in [0.25, 0.3) is 10.9 Å². The zero-order valence-corrected chi connectivity index (χ0v) is 20.0. The number of rotatable bonds is 4. The number of carbonyl (C=O) groups is 1. The molecule has 3 nitrogen and oxygen atoms in total. The predicted molar refractivity (Wildman–Crippen MR) is 137 cm³/mol. The molecule has 0 radical (unpaired) electrons. The minimum absolute atomic E-state index is 0.0555. The van der Waals surface area contributed by atoms with Gasteiger partial charge in [-0.15, -0.1) is 0 Å². The third kappa shape index (κ3) is 4.08. The standard InChI is InChI=1S/C30H32N2O/c1-29(2)15-16-30(3,4)26-19-23(10-12-25(26)29)28(33)31-24-11-13-27-22(18-24)14-17-32(27)20-21-8-6-5-7-9-21/h5-14,17-19H,15-16,20H2,1-4H3,(H,31,33). The lowest BCUT2D eigenvalue weighted by Gasteiger charge is -2.42. The molecule has 5 rings (SSSR count). The van der Waals surface area contributed by atoms with Gasteiger partial charge in [0.25, 0.3) is 5.91 Å². The van der Waals surface area contributed by atoms with Crippen LogP contribution in [0, 0.1) is 0 Å². The summed E-state index contributed by atoms with van der Waals surface area (Å²) in [7, 11) is 0. The van der Waals surface area contributed by atoms with E-state index in [1.165, 1.54) is 23.1 Å². The van der Waals surface area contributed by atoms with Gasteiger partial charge in [0, 0.05) is 34.9 Å². The van der Waals surface area contributed by atoms with Crippen molar-refractivity contribution in [1.29, 1.82) is 0 Å². The first-order valence-corrected chi connectivity index (χ1v) is 11.8. The van der Waals surface area contributed by atoms with E-state index in [0.717, 1.165) is 35.1 Å². The molecule has 0 atom stereocenters. The van der Waals surface area contributed by atoms with Crippen molar-refractivity contribution in [3.8, 4) is 0 Å². The molecule has 0 fully saturated rings. The van der Waals surface area contributed by atoms with Crippen LogP contribution in [-0.2, 0) is 17.4 Å². The minimum atomic E-state index is -0.0555. The Morgan fingerprint density at radius 2 is 1.58 bits per heavy atom. The Bertz CT molecular complexity index is 1330. The second-order valence-electron chi connectivity index (χ2n) is 10.7. The highest BCUT2D eigenvalue weighted by atomic mass is 16.1. The molecule has 0 saturated carbocycles. The van der Waals surface area contributed by atoms with Crippen molar-refractivity contribution in [3.63, 3.8) is 0 Å². The lowest BCUT2D eigenvalue weighted by molar-refractivity contribution is 0.102. The number of benzene rings is 3. The average Bonchev–Trinajstić information content (AvgIpc) is 3.19. The van der Waals surface area contributed by atoms with Gasteiger partial charge < -0.3 is 9.88 Å². The van der Waals surface area contributed by atoms with Crippen LogP contribution in [0.5, 0.6) is 0 Å². The van der Waals surface area contributed by atoms with Crippen LogP contribution < -0.4 is 5.32 Å². The van der Waals surface area contributed by atoms with E-state index >= 15 is 0 Å². The quantitative estimate of drug-likeness (QED) is 0.358. The molecule has 1 aliphatic carbocycles. The number of nitrogens with one attached hydrogen (secondary N) is 1. The molecule has 0 saturated heterocycles. The molecule has 1 heterocycles. The Morgan fingerprint density at radius 1 is 0.848 bits per heavy atom. The van der Waals surface area contributed by atoms with Crippen molar-refractivity contribution < 1.29 is 4.79 Å². The molecule has 168 valence electrons. The van der Waals surface area contributed by atoms with Gasteiger partial charge in [-0.1, -0.05) is 64.1 Å². The molecule has 1 amide bonds. The van der Waals surface area contributed by atoms with Crippen molar-refractivity contribution in [2.45, 2.75) is 57.9 Å². The molecule has 0 aliphatic heterocycles. The molecule has 1 aromatic heterocycles. The van der Waals surface area contributed by atoms with Gasteiger partial charge in [-0.2, -0.15) is 0 Å². The lowest BCUT2D eigenvalue weighted by Crippen LogP contribution is -2.34. The summed E-state index contributed by atoms with van der Waals surface area (Å²) in [4.78, 5) is 13.1. The number of hydrogen-bond acceptors (Lipinski definition) is 1. The van der Waals surface area contributed by atoms with Crippen LogP contribution in [-0.4, -0.2) is 10.5 Å². The van der Waals surface area contributed by atoms with E-state index in [1.807, 2.05) is 18.2 Å². The molecule has 1 N–H and O–H groups in total. The van der Waals surface area contributed by atoms with Gasteiger partial charge >= 0.3 is 0 Å². The van der Waals surface area contributed by atoms with Gasteiger partial charge in [-0.05, 0) is 76.8 Å². The van der Waals surface area contributed by atoms with Crippen molar-refractivity contribution >= 4 is 22.5 Å². The summed E-state index contributed by atoms with van der Waals surface area (Å²) in [6, 6.07) is 25.0. The molecule has 0 spiro atoms. The number of hydrogen-bond donors (Lipinski definition) is 1. The van der Waals surface area contributed by atoms with E-state index in [9.17, 15) is 4.79 Å². The van der Waals surface area contributed by atoms with E-state index in [0.29, 0.717) is 0 Å². The lowest BCUT2D eigenvalue weighted by atomic mass is 9.63. The Morgan fingerprint density at radius 3 is 2.33 bits per heavy atom. The fourth-order valence-electron chi connectivity index (χ4n) is 5.13. The molecule has 1 aliphatic rings. The first-order valence-electron chi connectivity index (χ1n) is 11.8. The summed E-state index contributed by atoms with van der Waals surface area (Å²) in [5.74, 6) is -0.0555. The van der Waals surface area contributed by atoms with Gasteiger partial charge in [0.1, 0.15) is 0 Å². The molecular formula is C30H32N2O. The fourth-order valence-corrected chi connectivity index (χ4v) is 5.13. The molecular weight excluding hydrogens is 404 g/mol. The number of aromatic nitrogens is 1. The number of amides is 1. The second-order valence-corrected chi connectivity index (χ2v) is 10.7. The Balaban J connectivity index is 1.38. The highest BCUT2D eigenvalue weighted by Gasteiger charge is 2.37. The van der Waals surface area contributed by atoms with Gasteiger partial charge in [0.2, 0.25) is 0 Å². The molecule has 0 bridgehead atoms. The molecule has 3 aromatic carbocycles. The summed E-state index contributed by atoms with van der Waals surface area (Å²) < 4.78 is 2.24. The topological polar surface area (TPSA) is 34.0 Å². The van der Waals surface area contributed by atoms with Gasteiger partial charge in [0.15, 0.2) is 0 Å². The Hall–Kier alpha value is -3.33. The SMILES string of the molecule is CC1(C)CCC(C)(C)c2cc(C(=O)Nc3ccc4c(ccn4Cc4ccccc4)c3)ccc21. The summed E-state index contributed by atoms with van der Waals surface area (Å²) in [6.07, 6.45) is 4.41. The fraction of sp³-hybridized carbons (Fsp3) is 0.300. The van der Waals surface area contributed by atoms with Crippen molar-refractivity contribution in [3.05, 3.63) is 101 Å². The maximum Gasteiger partial charge on any atom is 0.255 e. The smallest absolute Gasteiger partial charge is 0.255 e. The molecule has 33 heavy (non-hydrogen) atoms. The zero-order valence-electron chi connectivity index (χ0n) is 20.0. The largest absolute Gasteiger partial charge is 0.343 e. The van der Waals surface area contributed by atoms with E-state index in [1.54, 1.807) is 0 Å². The monoisotopic (exact) mass is 436 g/mol. The van der Waals surface area contributed by atoms with E-state index in [4.69, 9.17) is 0 Å². The van der Waals surface area contributed by atoms with Crippen LogP contribution in [0.1, 0.15) is 67.6 Å². The van der Waals surface area contributed by atoms with E-state index in [2.05, 4.69) is 98.4 Å². The van der Waals surface area contributed by atoms with Crippen molar-refractivity contribution in [1.82, 2.24) is 4.57 Å². The summed E-state index contributed by atoms with van der Waals surface area (Å²) in [5, 5.41) is 4.24. The van der Waals surface area contributed by atoms with E-state index in [-0.39, 0.29) is 16.7 Å². The Kier molecular flexibility index (Phi) is 5.16. The maximum absolute atomic E-state index is 13.1. The Labute approximate surface area is 196 Å². The van der Waals surface area contributed by atoms with Crippen LogP contribution in [0.15, 0.2) is 79.0 Å². The number of carbonyl (C=O) groups excluding carboxylic acids is 1. The van der Waals surface area contributed by atoms with Gasteiger partial charge in [0.05, 0.1) is 0 Å². The van der Waals surface area contributed by atoms with Crippen LogP contribution in [0.3, 0.4) is 0 Å². The highest BCUT2D eigenvalue weighted by Crippen LogP contribution is 2.45. The van der Waals surface area contributed by atoms with Crippen LogP contribution in [0.2, 0.25) is 0 Å². The van der Waals surface area contributed by atoms with Crippen LogP contribution >= 0.6 is 0 Å². The predicted octanol–water partition coefficient (Wildman–Crippen LogP) is 7.29. The first-order chi connectivity index (χ1) is 15.7. The average molecular weight is 437 g/mol.